The highest BCUT2D eigenvalue weighted by atomic mass is 35.5. The molecule has 0 aliphatic carbocycles. The third kappa shape index (κ3) is 3.64. The predicted molar refractivity (Wildman–Crippen MR) is 82.2 cm³/mol. The van der Waals surface area contributed by atoms with E-state index in [0.29, 0.717) is 10.8 Å². The van der Waals surface area contributed by atoms with E-state index in [1.165, 1.54) is 18.2 Å². The van der Waals surface area contributed by atoms with Gasteiger partial charge in [0.05, 0.1) is 15.0 Å². The molecule has 2 N–H and O–H groups in total. The first-order valence-corrected chi connectivity index (χ1v) is 6.81. The van der Waals surface area contributed by atoms with Crippen molar-refractivity contribution < 1.29 is 9.66 Å². The van der Waals surface area contributed by atoms with Crippen LogP contribution in [0.1, 0.15) is 18.5 Å². The Labute approximate surface area is 131 Å². The lowest BCUT2D eigenvalue weighted by molar-refractivity contribution is -0.384. The molecule has 2 aromatic carbocycles. The number of nitro benzene ring substituents is 1. The highest BCUT2D eigenvalue weighted by molar-refractivity contribution is 6.33. The van der Waals surface area contributed by atoms with Gasteiger partial charge in [-0.3, -0.25) is 10.1 Å². The molecule has 1 atom stereocenters. The molecule has 0 saturated heterocycles. The summed E-state index contributed by atoms with van der Waals surface area (Å²) in [5.74, 6) is 0.689. The van der Waals surface area contributed by atoms with Gasteiger partial charge in [0, 0.05) is 18.2 Å². The first kappa shape index (κ1) is 15.6. The molecule has 7 heteroatoms. The van der Waals surface area contributed by atoms with E-state index in [9.17, 15) is 10.1 Å². The van der Waals surface area contributed by atoms with Crippen molar-refractivity contribution in [3.63, 3.8) is 0 Å². The Morgan fingerprint density at radius 3 is 2.19 bits per heavy atom. The molecule has 110 valence electrons. The van der Waals surface area contributed by atoms with E-state index in [0.717, 1.165) is 5.56 Å². The molecule has 0 unspecified atom stereocenters. The second-order valence-electron chi connectivity index (χ2n) is 4.45. The standard InChI is InChI=1S/C14H12Cl2N2O3/c1-8(17)9-2-4-13(11(15)6-9)21-14-5-3-10(18(19)20)7-12(14)16/h2-8H,17H2,1H3/t8-/m0/s1. The third-order valence-electron chi connectivity index (χ3n) is 2.83. The zero-order valence-corrected chi connectivity index (χ0v) is 12.6. The van der Waals surface area contributed by atoms with E-state index >= 15 is 0 Å². The highest BCUT2D eigenvalue weighted by Gasteiger charge is 2.13. The predicted octanol–water partition coefficient (Wildman–Crippen LogP) is 4.71. The van der Waals surface area contributed by atoms with E-state index in [2.05, 4.69) is 0 Å². The summed E-state index contributed by atoms with van der Waals surface area (Å²) in [6, 6.07) is 9.01. The van der Waals surface area contributed by atoms with Crippen LogP contribution in [-0.2, 0) is 0 Å². The van der Waals surface area contributed by atoms with Crippen molar-refractivity contribution in [2.45, 2.75) is 13.0 Å². The van der Waals surface area contributed by atoms with Gasteiger partial charge in [-0.25, -0.2) is 0 Å². The molecule has 2 aromatic rings. The number of halogens is 2. The molecule has 0 heterocycles. The molecule has 5 nitrogen and oxygen atoms in total. The van der Waals surface area contributed by atoms with Crippen LogP contribution in [0.2, 0.25) is 10.0 Å². The Hall–Kier alpha value is -1.82. The average molecular weight is 327 g/mol. The Bertz CT molecular complexity index is 690. The monoisotopic (exact) mass is 326 g/mol. The first-order chi connectivity index (χ1) is 9.88. The van der Waals surface area contributed by atoms with E-state index in [-0.39, 0.29) is 22.5 Å². The fourth-order valence-corrected chi connectivity index (χ4v) is 2.13. The summed E-state index contributed by atoms with van der Waals surface area (Å²) >= 11 is 12.1. The molecule has 21 heavy (non-hydrogen) atoms. The lowest BCUT2D eigenvalue weighted by Crippen LogP contribution is -2.04. The van der Waals surface area contributed by atoms with Crippen molar-refractivity contribution in [2.24, 2.45) is 5.73 Å². The van der Waals surface area contributed by atoms with Crippen LogP contribution in [0.3, 0.4) is 0 Å². The molecular weight excluding hydrogens is 315 g/mol. The summed E-state index contributed by atoms with van der Waals surface area (Å²) < 4.78 is 5.58. The first-order valence-electron chi connectivity index (χ1n) is 6.05. The molecule has 0 amide bonds. The summed E-state index contributed by atoms with van der Waals surface area (Å²) in [5.41, 5.74) is 6.54. The van der Waals surface area contributed by atoms with Crippen LogP contribution in [0.5, 0.6) is 11.5 Å². The zero-order valence-electron chi connectivity index (χ0n) is 11.0. The van der Waals surface area contributed by atoms with Gasteiger partial charge in [0.25, 0.3) is 5.69 Å². The number of non-ortho nitro benzene ring substituents is 1. The minimum atomic E-state index is -0.528. The largest absolute Gasteiger partial charge is 0.454 e. The second kappa shape index (κ2) is 6.30. The minimum Gasteiger partial charge on any atom is -0.454 e. The van der Waals surface area contributed by atoms with Crippen molar-refractivity contribution in [3.8, 4) is 11.5 Å². The lowest BCUT2D eigenvalue weighted by atomic mass is 10.1. The molecule has 0 bridgehead atoms. The number of nitrogens with two attached hydrogens (primary N) is 1. The number of hydrogen-bond donors (Lipinski definition) is 1. The Morgan fingerprint density at radius 2 is 1.71 bits per heavy atom. The maximum atomic E-state index is 10.7. The van der Waals surface area contributed by atoms with Crippen molar-refractivity contribution >= 4 is 28.9 Å². The minimum absolute atomic E-state index is 0.106. The van der Waals surface area contributed by atoms with E-state index in [4.69, 9.17) is 33.7 Å². The molecule has 0 aliphatic heterocycles. The quantitative estimate of drug-likeness (QED) is 0.651. The Morgan fingerprint density at radius 1 is 1.14 bits per heavy atom. The SMILES string of the molecule is C[C@H](N)c1ccc(Oc2ccc([N+](=O)[O-])cc2Cl)c(Cl)c1. The highest BCUT2D eigenvalue weighted by Crippen LogP contribution is 2.36. The Balaban J connectivity index is 2.28. The number of hydrogen-bond acceptors (Lipinski definition) is 4. The fourth-order valence-electron chi connectivity index (χ4n) is 1.69. The van der Waals surface area contributed by atoms with Crippen LogP contribution in [0.15, 0.2) is 36.4 Å². The van der Waals surface area contributed by atoms with Crippen LogP contribution in [0, 0.1) is 10.1 Å². The van der Waals surface area contributed by atoms with E-state index < -0.39 is 4.92 Å². The molecule has 0 spiro atoms. The van der Waals surface area contributed by atoms with Crippen LogP contribution >= 0.6 is 23.2 Å². The van der Waals surface area contributed by atoms with Gasteiger partial charge < -0.3 is 10.5 Å². The van der Waals surface area contributed by atoms with Gasteiger partial charge in [0.1, 0.15) is 11.5 Å². The average Bonchev–Trinajstić information content (AvgIpc) is 2.42. The van der Waals surface area contributed by atoms with Gasteiger partial charge in [0.15, 0.2) is 0 Å². The number of benzene rings is 2. The number of nitrogens with zero attached hydrogens (tertiary/aromatic N) is 1. The summed E-state index contributed by atoms with van der Waals surface area (Å²) in [7, 11) is 0. The van der Waals surface area contributed by atoms with Crippen molar-refractivity contribution in [1.82, 2.24) is 0 Å². The van der Waals surface area contributed by atoms with Gasteiger partial charge in [-0.1, -0.05) is 29.3 Å². The van der Waals surface area contributed by atoms with Crippen molar-refractivity contribution in [1.29, 1.82) is 0 Å². The lowest BCUT2D eigenvalue weighted by Gasteiger charge is -2.11. The van der Waals surface area contributed by atoms with Crippen LogP contribution in [0.4, 0.5) is 5.69 Å². The summed E-state index contributed by atoms with van der Waals surface area (Å²) in [6.07, 6.45) is 0. The van der Waals surface area contributed by atoms with Gasteiger partial charge in [0.2, 0.25) is 0 Å². The van der Waals surface area contributed by atoms with Crippen molar-refractivity contribution in [2.75, 3.05) is 0 Å². The van der Waals surface area contributed by atoms with Crippen molar-refractivity contribution in [3.05, 3.63) is 62.1 Å². The third-order valence-corrected chi connectivity index (χ3v) is 3.42. The number of ether oxygens (including phenoxy) is 1. The van der Waals surface area contributed by atoms with Crippen LogP contribution in [0.25, 0.3) is 0 Å². The van der Waals surface area contributed by atoms with Gasteiger partial charge in [-0.15, -0.1) is 0 Å². The smallest absolute Gasteiger partial charge is 0.271 e. The zero-order chi connectivity index (χ0) is 15.6. The molecule has 0 fully saturated rings. The maximum absolute atomic E-state index is 10.7. The van der Waals surface area contributed by atoms with Crippen LogP contribution < -0.4 is 10.5 Å². The molecule has 0 saturated carbocycles. The molecule has 0 radical (unpaired) electrons. The van der Waals surface area contributed by atoms with Gasteiger partial charge in [-0.05, 0) is 30.7 Å². The normalized spacial score (nSPS) is 12.0. The maximum Gasteiger partial charge on any atom is 0.271 e. The van der Waals surface area contributed by atoms with E-state index in [1.54, 1.807) is 18.2 Å². The van der Waals surface area contributed by atoms with Crippen LogP contribution in [-0.4, -0.2) is 4.92 Å². The summed E-state index contributed by atoms with van der Waals surface area (Å²) in [5, 5.41) is 11.2. The molecule has 2 rings (SSSR count). The number of rotatable bonds is 4. The fraction of sp³-hybridized carbons (Fsp3) is 0.143. The molecular formula is C14H12Cl2N2O3. The topological polar surface area (TPSA) is 78.4 Å². The summed E-state index contributed by atoms with van der Waals surface area (Å²) in [4.78, 5) is 10.1. The summed E-state index contributed by atoms with van der Waals surface area (Å²) in [6.45, 7) is 1.85. The molecule has 0 aliphatic rings. The van der Waals surface area contributed by atoms with E-state index in [1.807, 2.05) is 6.92 Å². The number of nitro groups is 1. The van der Waals surface area contributed by atoms with Gasteiger partial charge in [-0.2, -0.15) is 0 Å². The molecule has 0 aromatic heterocycles. The van der Waals surface area contributed by atoms with Gasteiger partial charge >= 0.3 is 0 Å². The second-order valence-corrected chi connectivity index (χ2v) is 5.27. The Kier molecular flexibility index (Phi) is 4.67.